The van der Waals surface area contributed by atoms with Gasteiger partial charge in [-0.25, -0.2) is 4.98 Å². The van der Waals surface area contributed by atoms with Gasteiger partial charge in [0.1, 0.15) is 6.33 Å². The lowest BCUT2D eigenvalue weighted by atomic mass is 10.1. The van der Waals surface area contributed by atoms with E-state index in [0.717, 1.165) is 22.4 Å². The van der Waals surface area contributed by atoms with E-state index in [1.165, 1.54) is 17.1 Å². The molecule has 4 aromatic rings. The van der Waals surface area contributed by atoms with Crippen LogP contribution in [0.4, 0.5) is 5.69 Å². The summed E-state index contributed by atoms with van der Waals surface area (Å²) in [6, 6.07) is 23.8. The van der Waals surface area contributed by atoms with Crippen LogP contribution < -0.4 is 5.32 Å². The molecule has 0 radical (unpaired) electrons. The Morgan fingerprint density at radius 3 is 2.59 bits per heavy atom. The molecule has 144 valence electrons. The molecule has 5 rings (SSSR count). The van der Waals surface area contributed by atoms with E-state index in [2.05, 4.69) is 22.4 Å². The first-order chi connectivity index (χ1) is 14.3. The normalized spacial score (nSPS) is 14.3. The number of fused-ring (bicyclic) bond motifs is 1. The van der Waals surface area contributed by atoms with Crippen molar-refractivity contribution in [2.24, 2.45) is 0 Å². The number of para-hydroxylation sites is 2. The molecule has 29 heavy (non-hydrogen) atoms. The molecule has 1 saturated heterocycles. The topological polar surface area (TPSA) is 46.9 Å². The molecule has 1 N–H and O–H groups in total. The smallest absolute Gasteiger partial charge is 0.255 e. The van der Waals surface area contributed by atoms with E-state index in [9.17, 15) is 4.79 Å². The van der Waals surface area contributed by atoms with E-state index in [1.54, 1.807) is 0 Å². The van der Waals surface area contributed by atoms with Crippen molar-refractivity contribution < 1.29 is 4.79 Å². The lowest BCUT2D eigenvalue weighted by Crippen LogP contribution is -2.12. The van der Waals surface area contributed by atoms with E-state index in [1.807, 2.05) is 95.1 Å². The molecule has 4 nitrogen and oxygen atoms in total. The second-order valence-electron chi connectivity index (χ2n) is 6.80. The predicted octanol–water partition coefficient (Wildman–Crippen LogP) is 5.76. The average molecular weight is 418 g/mol. The van der Waals surface area contributed by atoms with Gasteiger partial charge in [-0.15, -0.1) is 23.5 Å². The summed E-state index contributed by atoms with van der Waals surface area (Å²) >= 11 is 3.93. The minimum Gasteiger partial charge on any atom is -0.322 e. The summed E-state index contributed by atoms with van der Waals surface area (Å²) in [4.78, 5) is 17.1. The summed E-state index contributed by atoms with van der Waals surface area (Å²) < 4.78 is 2.49. The molecule has 1 amide bonds. The van der Waals surface area contributed by atoms with Crippen LogP contribution in [0.3, 0.4) is 0 Å². The number of aromatic nitrogens is 2. The molecule has 1 aromatic heterocycles. The molecule has 0 saturated carbocycles. The second-order valence-corrected chi connectivity index (χ2v) is 9.53. The van der Waals surface area contributed by atoms with Crippen LogP contribution in [0.15, 0.2) is 79.1 Å². The third-order valence-electron chi connectivity index (χ3n) is 4.90. The molecule has 1 aliphatic rings. The van der Waals surface area contributed by atoms with Crippen LogP contribution in [0.25, 0.3) is 16.7 Å². The Hall–Kier alpha value is -2.70. The first-order valence-electron chi connectivity index (χ1n) is 9.45. The van der Waals surface area contributed by atoms with Crippen LogP contribution >= 0.6 is 23.5 Å². The van der Waals surface area contributed by atoms with Crippen molar-refractivity contribution in [2.75, 3.05) is 16.8 Å². The zero-order valence-corrected chi connectivity index (χ0v) is 17.2. The SMILES string of the molecule is O=C(Nc1cccc(C2SCCS2)c1)c1ccc(-n2cnc3ccccc32)cc1. The number of hydrogen-bond donors (Lipinski definition) is 1. The molecule has 3 aromatic carbocycles. The van der Waals surface area contributed by atoms with E-state index in [4.69, 9.17) is 0 Å². The van der Waals surface area contributed by atoms with E-state index < -0.39 is 0 Å². The summed E-state index contributed by atoms with van der Waals surface area (Å²) in [6.07, 6.45) is 1.81. The molecule has 0 unspecified atom stereocenters. The van der Waals surface area contributed by atoms with Gasteiger partial charge in [0.25, 0.3) is 5.91 Å². The van der Waals surface area contributed by atoms with Crippen molar-refractivity contribution in [3.05, 3.63) is 90.3 Å². The number of rotatable bonds is 4. The second kappa shape index (κ2) is 7.97. The largest absolute Gasteiger partial charge is 0.322 e. The maximum absolute atomic E-state index is 12.7. The molecule has 1 aliphatic heterocycles. The Morgan fingerprint density at radius 1 is 0.966 bits per heavy atom. The zero-order chi connectivity index (χ0) is 19.6. The van der Waals surface area contributed by atoms with Crippen molar-refractivity contribution in [2.45, 2.75) is 4.58 Å². The Morgan fingerprint density at radius 2 is 1.76 bits per heavy atom. The lowest BCUT2D eigenvalue weighted by molar-refractivity contribution is 0.102. The molecule has 0 aliphatic carbocycles. The van der Waals surface area contributed by atoms with Gasteiger partial charge < -0.3 is 5.32 Å². The van der Waals surface area contributed by atoms with Crippen molar-refractivity contribution >= 4 is 46.2 Å². The molecule has 1 fully saturated rings. The Balaban J connectivity index is 1.34. The maximum Gasteiger partial charge on any atom is 0.255 e. The Bertz CT molecular complexity index is 1160. The number of anilines is 1. The van der Waals surface area contributed by atoms with Crippen LogP contribution in [0.2, 0.25) is 0 Å². The van der Waals surface area contributed by atoms with Gasteiger partial charge in [-0.2, -0.15) is 0 Å². The van der Waals surface area contributed by atoms with Crippen LogP contribution in [0, 0.1) is 0 Å². The standard InChI is InChI=1S/C23H19N3OS2/c27-22(25-18-5-3-4-17(14-18)23-28-12-13-29-23)16-8-10-19(11-9-16)26-15-24-20-6-1-2-7-21(20)26/h1-11,14-15,23H,12-13H2,(H,25,27). The molecule has 2 heterocycles. The molecule has 0 atom stereocenters. The first kappa shape index (κ1) is 18.3. The molecular formula is C23H19N3OS2. The highest BCUT2D eigenvalue weighted by Gasteiger charge is 2.18. The number of nitrogens with one attached hydrogen (secondary N) is 1. The van der Waals surface area contributed by atoms with Crippen LogP contribution in [0.5, 0.6) is 0 Å². The third-order valence-corrected chi connectivity index (χ3v) is 8.00. The fourth-order valence-corrected chi connectivity index (χ4v) is 6.29. The number of thioether (sulfide) groups is 2. The maximum atomic E-state index is 12.7. The van der Waals surface area contributed by atoms with E-state index >= 15 is 0 Å². The van der Waals surface area contributed by atoms with Crippen molar-refractivity contribution in [3.8, 4) is 5.69 Å². The number of nitrogens with zero attached hydrogens (tertiary/aromatic N) is 2. The lowest BCUT2D eigenvalue weighted by Gasteiger charge is -2.11. The first-order valence-corrected chi connectivity index (χ1v) is 11.5. The number of carbonyl (C=O) groups excluding carboxylic acids is 1. The number of benzene rings is 3. The highest BCUT2D eigenvalue weighted by atomic mass is 32.2. The third kappa shape index (κ3) is 3.78. The van der Waals surface area contributed by atoms with Gasteiger partial charge in [-0.05, 0) is 54.1 Å². The summed E-state index contributed by atoms with van der Waals surface area (Å²) in [5, 5.41) is 3.03. The monoisotopic (exact) mass is 417 g/mol. The van der Waals surface area contributed by atoms with Gasteiger partial charge in [0.05, 0.1) is 15.6 Å². The Labute approximate surface area is 177 Å². The number of amides is 1. The summed E-state index contributed by atoms with van der Waals surface area (Å²) in [5.74, 6) is 2.27. The summed E-state index contributed by atoms with van der Waals surface area (Å²) in [6.45, 7) is 0. The van der Waals surface area contributed by atoms with Gasteiger partial charge >= 0.3 is 0 Å². The van der Waals surface area contributed by atoms with Crippen LogP contribution in [-0.4, -0.2) is 27.0 Å². The highest BCUT2D eigenvalue weighted by molar-refractivity contribution is 8.19. The number of imidazole rings is 1. The predicted molar refractivity (Wildman–Crippen MR) is 123 cm³/mol. The minimum atomic E-state index is -0.101. The van der Waals surface area contributed by atoms with Crippen molar-refractivity contribution in [1.29, 1.82) is 0 Å². The van der Waals surface area contributed by atoms with Gasteiger partial charge in [-0.1, -0.05) is 24.3 Å². The zero-order valence-electron chi connectivity index (χ0n) is 15.6. The molecule has 6 heteroatoms. The molecular weight excluding hydrogens is 398 g/mol. The van der Waals surface area contributed by atoms with Gasteiger partial charge in [0, 0.05) is 28.4 Å². The van der Waals surface area contributed by atoms with Gasteiger partial charge in [0.2, 0.25) is 0 Å². The molecule has 0 spiro atoms. The fraction of sp³-hybridized carbons (Fsp3) is 0.130. The highest BCUT2D eigenvalue weighted by Crippen LogP contribution is 2.45. The fourth-order valence-electron chi connectivity index (χ4n) is 3.46. The molecule has 0 bridgehead atoms. The average Bonchev–Trinajstić information content (AvgIpc) is 3.44. The van der Waals surface area contributed by atoms with Crippen LogP contribution in [0.1, 0.15) is 20.5 Å². The van der Waals surface area contributed by atoms with E-state index in [-0.39, 0.29) is 5.91 Å². The summed E-state index contributed by atoms with van der Waals surface area (Å²) in [5.41, 5.74) is 5.71. The number of hydrogen-bond acceptors (Lipinski definition) is 4. The van der Waals surface area contributed by atoms with Crippen LogP contribution in [-0.2, 0) is 0 Å². The summed E-state index contributed by atoms with van der Waals surface area (Å²) in [7, 11) is 0. The van der Waals surface area contributed by atoms with Gasteiger partial charge in [0.15, 0.2) is 0 Å². The van der Waals surface area contributed by atoms with Crippen molar-refractivity contribution in [3.63, 3.8) is 0 Å². The van der Waals surface area contributed by atoms with Crippen molar-refractivity contribution in [1.82, 2.24) is 9.55 Å². The quantitative estimate of drug-likeness (QED) is 0.459. The van der Waals surface area contributed by atoms with Gasteiger partial charge in [-0.3, -0.25) is 9.36 Å². The minimum absolute atomic E-state index is 0.101. The Kier molecular flexibility index (Phi) is 5.04. The van der Waals surface area contributed by atoms with E-state index in [0.29, 0.717) is 10.1 Å². The number of carbonyl (C=O) groups is 1.